The van der Waals surface area contributed by atoms with Gasteiger partial charge in [0.15, 0.2) is 0 Å². The largest absolute Gasteiger partial charge is 0.481 e. The van der Waals surface area contributed by atoms with E-state index in [4.69, 9.17) is 14.2 Å². The van der Waals surface area contributed by atoms with Crippen molar-refractivity contribution in [2.24, 2.45) is 0 Å². The van der Waals surface area contributed by atoms with Crippen molar-refractivity contribution in [1.82, 2.24) is 4.98 Å². The zero-order valence-corrected chi connectivity index (χ0v) is 11.7. The van der Waals surface area contributed by atoms with Crippen LogP contribution in [0.25, 0.3) is 0 Å². The molecule has 1 aromatic rings. The highest BCUT2D eigenvalue weighted by Crippen LogP contribution is 2.29. The van der Waals surface area contributed by atoms with Gasteiger partial charge in [0.2, 0.25) is 11.8 Å². The fraction of sp³-hybridized carbons (Fsp3) is 0.462. The van der Waals surface area contributed by atoms with Gasteiger partial charge in [0.1, 0.15) is 0 Å². The molecule has 1 heterocycles. The summed E-state index contributed by atoms with van der Waals surface area (Å²) in [6, 6.07) is 0. The molecule has 0 aliphatic rings. The SMILES string of the molecule is CCOC(=O)C(=O)c1c(C)c(OC)nc(OC)c1C. The van der Waals surface area contributed by atoms with Crippen LogP contribution >= 0.6 is 0 Å². The fourth-order valence-corrected chi connectivity index (χ4v) is 1.79. The molecule has 0 fully saturated rings. The summed E-state index contributed by atoms with van der Waals surface area (Å²) in [7, 11) is 2.87. The number of aromatic nitrogens is 1. The number of pyridine rings is 1. The van der Waals surface area contributed by atoms with Crippen molar-refractivity contribution in [2.45, 2.75) is 20.8 Å². The Morgan fingerprint density at radius 1 is 1.05 bits per heavy atom. The lowest BCUT2D eigenvalue weighted by atomic mass is 10.0. The first-order chi connectivity index (χ1) is 8.97. The molecule has 6 heteroatoms. The first-order valence-electron chi connectivity index (χ1n) is 5.78. The van der Waals surface area contributed by atoms with Crippen molar-refractivity contribution >= 4 is 11.8 Å². The Kier molecular flexibility index (Phi) is 4.86. The molecule has 0 aromatic carbocycles. The number of ketones is 1. The van der Waals surface area contributed by atoms with Gasteiger partial charge in [-0.15, -0.1) is 0 Å². The maximum Gasteiger partial charge on any atom is 0.379 e. The summed E-state index contributed by atoms with van der Waals surface area (Å²) in [6.45, 7) is 5.09. The summed E-state index contributed by atoms with van der Waals surface area (Å²) in [5, 5.41) is 0. The quantitative estimate of drug-likeness (QED) is 0.457. The van der Waals surface area contributed by atoms with Crippen LogP contribution < -0.4 is 9.47 Å². The highest BCUT2D eigenvalue weighted by Gasteiger charge is 2.26. The van der Waals surface area contributed by atoms with E-state index in [0.29, 0.717) is 11.1 Å². The lowest BCUT2D eigenvalue weighted by Gasteiger charge is -2.14. The molecule has 0 bridgehead atoms. The number of esters is 1. The van der Waals surface area contributed by atoms with Crippen LogP contribution in [-0.4, -0.2) is 37.6 Å². The van der Waals surface area contributed by atoms with Crippen molar-refractivity contribution in [2.75, 3.05) is 20.8 Å². The van der Waals surface area contributed by atoms with E-state index in [2.05, 4.69) is 4.98 Å². The van der Waals surface area contributed by atoms with Crippen molar-refractivity contribution < 1.29 is 23.8 Å². The Bertz CT molecular complexity index is 482. The van der Waals surface area contributed by atoms with Gasteiger partial charge in [-0.1, -0.05) is 0 Å². The normalized spacial score (nSPS) is 9.95. The maximum absolute atomic E-state index is 12.1. The minimum Gasteiger partial charge on any atom is -0.481 e. The Balaban J connectivity index is 3.40. The van der Waals surface area contributed by atoms with Gasteiger partial charge in [-0.25, -0.2) is 4.79 Å². The Labute approximate surface area is 111 Å². The number of nitrogens with zero attached hydrogens (tertiary/aromatic N) is 1. The molecule has 0 radical (unpaired) electrons. The second-order valence-corrected chi connectivity index (χ2v) is 3.80. The number of ether oxygens (including phenoxy) is 3. The summed E-state index contributed by atoms with van der Waals surface area (Å²) in [5.41, 5.74) is 1.18. The first kappa shape index (κ1) is 14.9. The van der Waals surface area contributed by atoms with Gasteiger partial charge in [-0.2, -0.15) is 4.98 Å². The van der Waals surface area contributed by atoms with Crippen LogP contribution in [0.3, 0.4) is 0 Å². The smallest absolute Gasteiger partial charge is 0.379 e. The van der Waals surface area contributed by atoms with E-state index in [1.54, 1.807) is 20.8 Å². The van der Waals surface area contributed by atoms with Crippen LogP contribution in [0.4, 0.5) is 0 Å². The van der Waals surface area contributed by atoms with Crippen LogP contribution in [0, 0.1) is 13.8 Å². The highest BCUT2D eigenvalue weighted by atomic mass is 16.5. The van der Waals surface area contributed by atoms with Crippen LogP contribution in [0.1, 0.15) is 28.4 Å². The highest BCUT2D eigenvalue weighted by molar-refractivity contribution is 6.41. The number of hydrogen-bond donors (Lipinski definition) is 0. The average molecular weight is 267 g/mol. The average Bonchev–Trinajstić information content (AvgIpc) is 2.39. The lowest BCUT2D eigenvalue weighted by molar-refractivity contribution is -0.137. The van der Waals surface area contributed by atoms with E-state index < -0.39 is 11.8 Å². The number of carbonyl (C=O) groups is 2. The van der Waals surface area contributed by atoms with Crippen molar-refractivity contribution in [1.29, 1.82) is 0 Å². The zero-order valence-electron chi connectivity index (χ0n) is 11.7. The summed E-state index contributed by atoms with van der Waals surface area (Å²) in [5.74, 6) is -1.13. The van der Waals surface area contributed by atoms with E-state index in [-0.39, 0.29) is 23.9 Å². The molecule has 0 amide bonds. The Morgan fingerprint density at radius 2 is 1.53 bits per heavy atom. The van der Waals surface area contributed by atoms with E-state index in [1.165, 1.54) is 14.2 Å². The molecule has 104 valence electrons. The van der Waals surface area contributed by atoms with Crippen molar-refractivity contribution in [3.63, 3.8) is 0 Å². The van der Waals surface area contributed by atoms with Crippen LogP contribution in [0.15, 0.2) is 0 Å². The number of Topliss-reactive ketones (excluding diaryl/α,β-unsaturated/α-hetero) is 1. The monoisotopic (exact) mass is 267 g/mol. The molecular weight excluding hydrogens is 250 g/mol. The second kappa shape index (κ2) is 6.17. The van der Waals surface area contributed by atoms with E-state index in [1.807, 2.05) is 0 Å². The van der Waals surface area contributed by atoms with Gasteiger partial charge >= 0.3 is 5.97 Å². The molecule has 0 atom stereocenters. The van der Waals surface area contributed by atoms with Crippen LogP contribution in [-0.2, 0) is 9.53 Å². The molecule has 0 saturated heterocycles. The van der Waals surface area contributed by atoms with Crippen LogP contribution in [0.5, 0.6) is 11.8 Å². The number of hydrogen-bond acceptors (Lipinski definition) is 6. The molecular formula is C13H17NO5. The molecule has 19 heavy (non-hydrogen) atoms. The second-order valence-electron chi connectivity index (χ2n) is 3.80. The third-order valence-corrected chi connectivity index (χ3v) is 2.67. The molecule has 0 unspecified atom stereocenters. The Hall–Kier alpha value is -2.11. The van der Waals surface area contributed by atoms with E-state index in [9.17, 15) is 9.59 Å². The number of methoxy groups -OCH3 is 2. The fourth-order valence-electron chi connectivity index (χ4n) is 1.79. The molecule has 0 aliphatic carbocycles. The minimum atomic E-state index is -0.899. The molecule has 6 nitrogen and oxygen atoms in total. The van der Waals surface area contributed by atoms with Crippen molar-refractivity contribution in [3.05, 3.63) is 16.7 Å². The van der Waals surface area contributed by atoms with Gasteiger partial charge in [-0.05, 0) is 20.8 Å². The Morgan fingerprint density at radius 3 is 1.89 bits per heavy atom. The minimum absolute atomic E-state index is 0.141. The number of rotatable bonds is 5. The van der Waals surface area contributed by atoms with Gasteiger partial charge < -0.3 is 14.2 Å². The topological polar surface area (TPSA) is 74.7 Å². The van der Waals surface area contributed by atoms with Gasteiger partial charge in [0, 0.05) is 16.7 Å². The molecule has 1 rings (SSSR count). The summed E-state index contributed by atoms with van der Waals surface area (Å²) >= 11 is 0. The molecule has 1 aromatic heterocycles. The summed E-state index contributed by atoms with van der Waals surface area (Å²) < 4.78 is 14.9. The molecule has 0 aliphatic heterocycles. The molecule has 0 saturated carbocycles. The van der Waals surface area contributed by atoms with E-state index >= 15 is 0 Å². The third-order valence-electron chi connectivity index (χ3n) is 2.67. The summed E-state index contributed by atoms with van der Waals surface area (Å²) in [4.78, 5) is 27.8. The van der Waals surface area contributed by atoms with Gasteiger partial charge in [0.05, 0.1) is 20.8 Å². The van der Waals surface area contributed by atoms with Crippen molar-refractivity contribution in [3.8, 4) is 11.8 Å². The summed E-state index contributed by atoms with van der Waals surface area (Å²) in [6.07, 6.45) is 0. The van der Waals surface area contributed by atoms with Gasteiger partial charge in [-0.3, -0.25) is 4.79 Å². The van der Waals surface area contributed by atoms with E-state index in [0.717, 1.165) is 0 Å². The first-order valence-corrected chi connectivity index (χ1v) is 5.78. The molecule has 0 N–H and O–H groups in total. The zero-order chi connectivity index (χ0) is 14.6. The third kappa shape index (κ3) is 2.83. The maximum atomic E-state index is 12.1. The predicted octanol–water partition coefficient (Wildman–Crippen LogP) is 1.46. The molecule has 0 spiro atoms. The number of carbonyl (C=O) groups excluding carboxylic acids is 2. The van der Waals surface area contributed by atoms with Gasteiger partial charge in [0.25, 0.3) is 5.78 Å². The van der Waals surface area contributed by atoms with Crippen LogP contribution in [0.2, 0.25) is 0 Å². The standard InChI is InChI=1S/C13H17NO5/c1-6-19-13(16)10(15)9-7(2)11(17-4)14-12(18-5)8(9)3/h6H2,1-5H3. The lowest BCUT2D eigenvalue weighted by Crippen LogP contribution is -2.20. The predicted molar refractivity (Wildman–Crippen MR) is 67.8 cm³/mol.